The number of benzene rings is 1. The lowest BCUT2D eigenvalue weighted by atomic mass is 10.1. The SMILES string of the molecule is COc1cccc(C(CN)NCC2CC2)c1. The Morgan fingerprint density at radius 1 is 1.50 bits per heavy atom. The first-order valence-electron chi connectivity index (χ1n) is 5.91. The molecule has 0 aliphatic heterocycles. The Morgan fingerprint density at radius 2 is 2.31 bits per heavy atom. The summed E-state index contributed by atoms with van der Waals surface area (Å²) < 4.78 is 5.22. The molecule has 3 nitrogen and oxygen atoms in total. The van der Waals surface area contributed by atoms with Gasteiger partial charge in [0, 0.05) is 12.6 Å². The van der Waals surface area contributed by atoms with E-state index in [4.69, 9.17) is 10.5 Å². The van der Waals surface area contributed by atoms with Crippen LogP contribution in [0.5, 0.6) is 5.75 Å². The van der Waals surface area contributed by atoms with E-state index in [9.17, 15) is 0 Å². The average Bonchev–Trinajstić information content (AvgIpc) is 3.14. The van der Waals surface area contributed by atoms with Crippen LogP contribution in [-0.4, -0.2) is 20.2 Å². The zero-order chi connectivity index (χ0) is 11.4. The fourth-order valence-corrected chi connectivity index (χ4v) is 1.83. The molecule has 1 aromatic rings. The second-order valence-corrected chi connectivity index (χ2v) is 4.42. The van der Waals surface area contributed by atoms with Gasteiger partial charge in [-0.3, -0.25) is 0 Å². The molecule has 3 heteroatoms. The number of methoxy groups -OCH3 is 1. The molecule has 0 radical (unpaired) electrons. The Labute approximate surface area is 97.0 Å². The van der Waals surface area contributed by atoms with Crippen molar-refractivity contribution in [2.75, 3.05) is 20.2 Å². The lowest BCUT2D eigenvalue weighted by Gasteiger charge is -2.17. The predicted octanol–water partition coefficient (Wildman–Crippen LogP) is 1.69. The van der Waals surface area contributed by atoms with Gasteiger partial charge in [-0.1, -0.05) is 12.1 Å². The van der Waals surface area contributed by atoms with Gasteiger partial charge in [-0.25, -0.2) is 0 Å². The van der Waals surface area contributed by atoms with E-state index in [1.165, 1.54) is 18.4 Å². The molecule has 16 heavy (non-hydrogen) atoms. The third kappa shape index (κ3) is 2.97. The van der Waals surface area contributed by atoms with E-state index in [2.05, 4.69) is 17.4 Å². The minimum atomic E-state index is 0.246. The van der Waals surface area contributed by atoms with Crippen molar-refractivity contribution in [3.05, 3.63) is 29.8 Å². The average molecular weight is 220 g/mol. The minimum absolute atomic E-state index is 0.246. The van der Waals surface area contributed by atoms with E-state index in [0.717, 1.165) is 18.2 Å². The Balaban J connectivity index is 1.99. The van der Waals surface area contributed by atoms with E-state index in [1.54, 1.807) is 7.11 Å². The summed E-state index contributed by atoms with van der Waals surface area (Å²) in [5.41, 5.74) is 7.01. The fraction of sp³-hybridized carbons (Fsp3) is 0.538. The van der Waals surface area contributed by atoms with E-state index < -0.39 is 0 Å². The molecule has 0 bridgehead atoms. The van der Waals surface area contributed by atoms with Crippen LogP contribution in [0.1, 0.15) is 24.4 Å². The molecule has 1 aliphatic rings. The van der Waals surface area contributed by atoms with Gasteiger partial charge >= 0.3 is 0 Å². The molecule has 0 saturated heterocycles. The molecule has 1 unspecified atom stereocenters. The molecular formula is C13H20N2O. The van der Waals surface area contributed by atoms with Gasteiger partial charge in [0.05, 0.1) is 7.11 Å². The molecule has 1 fully saturated rings. The molecule has 0 heterocycles. The fourth-order valence-electron chi connectivity index (χ4n) is 1.83. The van der Waals surface area contributed by atoms with Gasteiger partial charge in [-0.2, -0.15) is 0 Å². The number of hydrogen-bond donors (Lipinski definition) is 2. The van der Waals surface area contributed by atoms with Gasteiger partial charge in [0.1, 0.15) is 5.75 Å². The zero-order valence-corrected chi connectivity index (χ0v) is 9.78. The molecule has 2 rings (SSSR count). The van der Waals surface area contributed by atoms with Gasteiger partial charge in [-0.15, -0.1) is 0 Å². The molecule has 0 amide bonds. The summed E-state index contributed by atoms with van der Waals surface area (Å²) in [5, 5.41) is 3.52. The highest BCUT2D eigenvalue weighted by atomic mass is 16.5. The Hall–Kier alpha value is -1.06. The number of nitrogens with two attached hydrogens (primary N) is 1. The van der Waals surface area contributed by atoms with E-state index in [0.29, 0.717) is 6.54 Å². The van der Waals surface area contributed by atoms with Crippen LogP contribution >= 0.6 is 0 Å². The third-order valence-corrected chi connectivity index (χ3v) is 3.08. The van der Waals surface area contributed by atoms with E-state index >= 15 is 0 Å². The highest BCUT2D eigenvalue weighted by Crippen LogP contribution is 2.28. The maximum absolute atomic E-state index is 5.80. The highest BCUT2D eigenvalue weighted by Gasteiger charge is 2.22. The first kappa shape index (κ1) is 11.4. The number of nitrogens with one attached hydrogen (secondary N) is 1. The first-order valence-corrected chi connectivity index (χ1v) is 5.91. The van der Waals surface area contributed by atoms with Crippen molar-refractivity contribution in [3.63, 3.8) is 0 Å². The molecule has 1 atom stereocenters. The van der Waals surface area contributed by atoms with Crippen LogP contribution in [0.25, 0.3) is 0 Å². The zero-order valence-electron chi connectivity index (χ0n) is 9.78. The molecule has 88 valence electrons. The van der Waals surface area contributed by atoms with Crippen LogP contribution in [0.15, 0.2) is 24.3 Å². The van der Waals surface area contributed by atoms with Crippen LogP contribution in [0, 0.1) is 5.92 Å². The van der Waals surface area contributed by atoms with Gasteiger partial charge < -0.3 is 15.8 Å². The predicted molar refractivity (Wildman–Crippen MR) is 65.5 cm³/mol. The summed E-state index contributed by atoms with van der Waals surface area (Å²) in [4.78, 5) is 0. The second-order valence-electron chi connectivity index (χ2n) is 4.42. The van der Waals surface area contributed by atoms with Crippen LogP contribution in [-0.2, 0) is 0 Å². The van der Waals surface area contributed by atoms with Crippen molar-refractivity contribution in [3.8, 4) is 5.75 Å². The van der Waals surface area contributed by atoms with Crippen molar-refractivity contribution in [1.29, 1.82) is 0 Å². The second kappa shape index (κ2) is 5.32. The quantitative estimate of drug-likeness (QED) is 0.767. The monoisotopic (exact) mass is 220 g/mol. The molecule has 0 aromatic heterocycles. The summed E-state index contributed by atoms with van der Waals surface area (Å²) in [7, 11) is 1.69. The first-order chi connectivity index (χ1) is 7.83. The smallest absolute Gasteiger partial charge is 0.119 e. The van der Waals surface area contributed by atoms with Crippen molar-refractivity contribution < 1.29 is 4.74 Å². The number of hydrogen-bond acceptors (Lipinski definition) is 3. The molecule has 1 aromatic carbocycles. The van der Waals surface area contributed by atoms with E-state index in [-0.39, 0.29) is 6.04 Å². The van der Waals surface area contributed by atoms with Crippen molar-refractivity contribution in [2.45, 2.75) is 18.9 Å². The molecule has 3 N–H and O–H groups in total. The maximum atomic E-state index is 5.80. The number of ether oxygens (including phenoxy) is 1. The van der Waals surface area contributed by atoms with Gasteiger partial charge in [-0.05, 0) is 43.0 Å². The summed E-state index contributed by atoms with van der Waals surface area (Å²) >= 11 is 0. The molecule has 1 aliphatic carbocycles. The number of rotatable bonds is 6. The van der Waals surface area contributed by atoms with E-state index in [1.807, 2.05) is 12.1 Å². The van der Waals surface area contributed by atoms with Crippen LogP contribution in [0.4, 0.5) is 0 Å². The Bertz CT molecular complexity index is 336. The Morgan fingerprint density at radius 3 is 2.94 bits per heavy atom. The highest BCUT2D eigenvalue weighted by molar-refractivity contribution is 5.30. The van der Waals surface area contributed by atoms with Crippen LogP contribution in [0.3, 0.4) is 0 Å². The van der Waals surface area contributed by atoms with Crippen molar-refractivity contribution in [2.24, 2.45) is 11.7 Å². The largest absolute Gasteiger partial charge is 0.497 e. The van der Waals surface area contributed by atoms with Gasteiger partial charge in [0.15, 0.2) is 0 Å². The summed E-state index contributed by atoms with van der Waals surface area (Å²) in [6.45, 7) is 1.71. The molecule has 0 spiro atoms. The normalized spacial score (nSPS) is 17.1. The Kier molecular flexibility index (Phi) is 3.80. The summed E-state index contributed by atoms with van der Waals surface area (Å²) in [5.74, 6) is 1.77. The minimum Gasteiger partial charge on any atom is -0.497 e. The van der Waals surface area contributed by atoms with Crippen LogP contribution in [0.2, 0.25) is 0 Å². The summed E-state index contributed by atoms with van der Waals surface area (Å²) in [6.07, 6.45) is 2.73. The molecule has 1 saturated carbocycles. The lowest BCUT2D eigenvalue weighted by molar-refractivity contribution is 0.413. The van der Waals surface area contributed by atoms with Gasteiger partial charge in [0.25, 0.3) is 0 Å². The third-order valence-electron chi connectivity index (χ3n) is 3.08. The summed E-state index contributed by atoms with van der Waals surface area (Å²) in [6, 6.07) is 8.36. The molecular weight excluding hydrogens is 200 g/mol. The standard InChI is InChI=1S/C13H20N2O/c1-16-12-4-2-3-11(7-12)13(8-14)15-9-10-5-6-10/h2-4,7,10,13,15H,5-6,8-9,14H2,1H3. The lowest BCUT2D eigenvalue weighted by Crippen LogP contribution is -2.29. The van der Waals surface area contributed by atoms with Gasteiger partial charge in [0.2, 0.25) is 0 Å². The van der Waals surface area contributed by atoms with Crippen molar-refractivity contribution >= 4 is 0 Å². The van der Waals surface area contributed by atoms with Crippen LogP contribution < -0.4 is 15.8 Å². The topological polar surface area (TPSA) is 47.3 Å². The maximum Gasteiger partial charge on any atom is 0.119 e. The van der Waals surface area contributed by atoms with Crippen molar-refractivity contribution in [1.82, 2.24) is 5.32 Å².